The highest BCUT2D eigenvalue weighted by Crippen LogP contribution is 2.26. The van der Waals surface area contributed by atoms with Gasteiger partial charge in [0.25, 0.3) is 5.91 Å². The number of nitrogens with one attached hydrogen (secondary N) is 1. The number of nitrogens with zero attached hydrogens (tertiary/aromatic N) is 1. The first-order valence-corrected chi connectivity index (χ1v) is 9.21. The summed E-state index contributed by atoms with van der Waals surface area (Å²) in [5.41, 5.74) is 1.43. The Hall–Kier alpha value is -1.92. The van der Waals surface area contributed by atoms with Gasteiger partial charge in [-0.15, -0.1) is 11.3 Å². The monoisotopic (exact) mass is 346 g/mol. The molecule has 3 rings (SSSR count). The van der Waals surface area contributed by atoms with E-state index < -0.39 is 0 Å². The number of aliphatic hydroxyl groups is 1. The van der Waals surface area contributed by atoms with Crippen LogP contribution in [0, 0.1) is 0 Å². The van der Waals surface area contributed by atoms with Crippen molar-refractivity contribution in [2.45, 2.75) is 44.8 Å². The molecule has 0 aliphatic heterocycles. The highest BCUT2D eigenvalue weighted by Gasteiger charge is 2.22. The van der Waals surface area contributed by atoms with Crippen molar-refractivity contribution < 1.29 is 14.6 Å². The Morgan fingerprint density at radius 1 is 1.29 bits per heavy atom. The Bertz CT molecular complexity index is 676. The Kier molecular flexibility index (Phi) is 5.48. The van der Waals surface area contributed by atoms with Crippen LogP contribution in [-0.2, 0) is 0 Å². The molecular formula is C18H22N2O3S. The van der Waals surface area contributed by atoms with Gasteiger partial charge in [-0.05, 0) is 56.9 Å². The van der Waals surface area contributed by atoms with Gasteiger partial charge in [0, 0.05) is 17.0 Å². The SMILES string of the molecule is CCOc1ccc(-c2nc(C(=O)NC3CCC(O)CC3)cs2)cc1. The number of ether oxygens (including phenoxy) is 1. The molecule has 2 aromatic rings. The number of carbonyl (C=O) groups is 1. The van der Waals surface area contributed by atoms with Gasteiger partial charge >= 0.3 is 0 Å². The van der Waals surface area contributed by atoms with Crippen molar-refractivity contribution in [2.24, 2.45) is 0 Å². The molecule has 1 amide bonds. The molecule has 1 heterocycles. The van der Waals surface area contributed by atoms with Crippen molar-refractivity contribution in [2.75, 3.05) is 6.61 Å². The summed E-state index contributed by atoms with van der Waals surface area (Å²) in [6.07, 6.45) is 2.92. The number of aliphatic hydroxyl groups excluding tert-OH is 1. The Morgan fingerprint density at radius 3 is 2.67 bits per heavy atom. The molecule has 1 aliphatic carbocycles. The van der Waals surface area contributed by atoms with Crippen molar-refractivity contribution in [1.29, 1.82) is 0 Å². The van der Waals surface area contributed by atoms with E-state index in [1.165, 1.54) is 11.3 Å². The van der Waals surface area contributed by atoms with Crippen LogP contribution in [0.5, 0.6) is 5.75 Å². The average molecular weight is 346 g/mol. The van der Waals surface area contributed by atoms with Crippen molar-refractivity contribution >= 4 is 17.2 Å². The lowest BCUT2D eigenvalue weighted by Crippen LogP contribution is -2.38. The fraction of sp³-hybridized carbons (Fsp3) is 0.444. The summed E-state index contributed by atoms with van der Waals surface area (Å²) in [4.78, 5) is 16.8. The highest BCUT2D eigenvalue weighted by atomic mass is 32.1. The lowest BCUT2D eigenvalue weighted by atomic mass is 9.93. The van der Waals surface area contributed by atoms with Crippen molar-refractivity contribution in [3.05, 3.63) is 35.3 Å². The van der Waals surface area contributed by atoms with Gasteiger partial charge in [0.2, 0.25) is 0 Å². The molecule has 5 nitrogen and oxygen atoms in total. The Balaban J connectivity index is 1.63. The van der Waals surface area contributed by atoms with Crippen LogP contribution in [0.25, 0.3) is 10.6 Å². The normalized spacial score (nSPS) is 20.6. The molecule has 128 valence electrons. The second-order valence-corrected chi connectivity index (χ2v) is 6.83. The molecule has 0 spiro atoms. The van der Waals surface area contributed by atoms with Crippen LogP contribution in [0.2, 0.25) is 0 Å². The minimum atomic E-state index is -0.219. The van der Waals surface area contributed by atoms with Gasteiger partial charge in [-0.3, -0.25) is 4.79 Å². The smallest absolute Gasteiger partial charge is 0.270 e. The zero-order valence-electron chi connectivity index (χ0n) is 13.7. The molecule has 1 aromatic heterocycles. The van der Waals surface area contributed by atoms with Gasteiger partial charge in [0.05, 0.1) is 12.7 Å². The molecule has 0 bridgehead atoms. The molecule has 1 saturated carbocycles. The maximum absolute atomic E-state index is 12.3. The summed E-state index contributed by atoms with van der Waals surface area (Å²) < 4.78 is 5.43. The van der Waals surface area contributed by atoms with Gasteiger partial charge in [-0.25, -0.2) is 4.98 Å². The minimum absolute atomic E-state index is 0.134. The molecule has 0 unspecified atom stereocenters. The van der Waals surface area contributed by atoms with Gasteiger partial charge in [-0.2, -0.15) is 0 Å². The minimum Gasteiger partial charge on any atom is -0.494 e. The van der Waals surface area contributed by atoms with E-state index in [4.69, 9.17) is 4.74 Å². The Morgan fingerprint density at radius 2 is 2.00 bits per heavy atom. The number of rotatable bonds is 5. The first-order chi connectivity index (χ1) is 11.7. The topological polar surface area (TPSA) is 71.5 Å². The number of benzene rings is 1. The number of carbonyl (C=O) groups excluding carboxylic acids is 1. The van der Waals surface area contributed by atoms with Gasteiger partial charge < -0.3 is 15.2 Å². The number of thiazole rings is 1. The van der Waals surface area contributed by atoms with Crippen LogP contribution in [0.3, 0.4) is 0 Å². The summed E-state index contributed by atoms with van der Waals surface area (Å²) in [5, 5.41) is 15.2. The number of aromatic nitrogens is 1. The Labute approximate surface area is 145 Å². The second kappa shape index (κ2) is 7.77. The average Bonchev–Trinajstić information content (AvgIpc) is 3.08. The predicted octanol–water partition coefficient (Wildman–Crippen LogP) is 3.24. The maximum Gasteiger partial charge on any atom is 0.270 e. The molecule has 1 fully saturated rings. The third-order valence-corrected chi connectivity index (χ3v) is 5.07. The van der Waals surface area contributed by atoms with Crippen molar-refractivity contribution in [3.8, 4) is 16.3 Å². The van der Waals surface area contributed by atoms with Gasteiger partial charge in [-0.1, -0.05) is 0 Å². The number of hydrogen-bond acceptors (Lipinski definition) is 5. The molecule has 24 heavy (non-hydrogen) atoms. The largest absolute Gasteiger partial charge is 0.494 e. The lowest BCUT2D eigenvalue weighted by Gasteiger charge is -2.25. The van der Waals surface area contributed by atoms with E-state index in [2.05, 4.69) is 10.3 Å². The third-order valence-electron chi connectivity index (χ3n) is 4.18. The molecule has 0 saturated heterocycles. The first-order valence-electron chi connectivity index (χ1n) is 8.33. The third kappa shape index (κ3) is 4.13. The van der Waals surface area contributed by atoms with E-state index in [0.717, 1.165) is 42.0 Å². The zero-order chi connectivity index (χ0) is 16.9. The second-order valence-electron chi connectivity index (χ2n) is 5.97. The molecule has 0 radical (unpaired) electrons. The molecule has 0 atom stereocenters. The molecule has 2 N–H and O–H groups in total. The highest BCUT2D eigenvalue weighted by molar-refractivity contribution is 7.13. The number of amides is 1. The molecule has 1 aromatic carbocycles. The van der Waals surface area contributed by atoms with E-state index in [9.17, 15) is 9.90 Å². The van der Waals surface area contributed by atoms with Gasteiger partial charge in [0.15, 0.2) is 0 Å². The summed E-state index contributed by atoms with van der Waals surface area (Å²) >= 11 is 1.46. The van der Waals surface area contributed by atoms with Gasteiger partial charge in [0.1, 0.15) is 16.5 Å². The van der Waals surface area contributed by atoms with E-state index in [1.54, 1.807) is 5.38 Å². The fourth-order valence-electron chi connectivity index (χ4n) is 2.85. The fourth-order valence-corrected chi connectivity index (χ4v) is 3.66. The van der Waals surface area contributed by atoms with Crippen molar-refractivity contribution in [3.63, 3.8) is 0 Å². The van der Waals surface area contributed by atoms with E-state index in [1.807, 2.05) is 31.2 Å². The summed E-state index contributed by atoms with van der Waals surface area (Å²) in [6, 6.07) is 7.86. The van der Waals surface area contributed by atoms with Crippen LogP contribution in [0.4, 0.5) is 0 Å². The van der Waals surface area contributed by atoms with E-state index >= 15 is 0 Å². The summed E-state index contributed by atoms with van der Waals surface area (Å²) in [5.74, 6) is 0.695. The first kappa shape index (κ1) is 16.9. The van der Waals surface area contributed by atoms with Crippen LogP contribution in [0.1, 0.15) is 43.1 Å². The van der Waals surface area contributed by atoms with E-state index in [0.29, 0.717) is 12.3 Å². The van der Waals surface area contributed by atoms with E-state index in [-0.39, 0.29) is 18.1 Å². The van der Waals surface area contributed by atoms with Crippen molar-refractivity contribution in [1.82, 2.24) is 10.3 Å². The van der Waals surface area contributed by atoms with Crippen LogP contribution >= 0.6 is 11.3 Å². The standard InChI is InChI=1S/C18H22N2O3S/c1-2-23-15-9-3-12(4-10-15)18-20-16(11-24-18)17(22)19-13-5-7-14(21)8-6-13/h3-4,9-11,13-14,21H,2,5-8H2,1H3,(H,19,22). The summed E-state index contributed by atoms with van der Waals surface area (Å²) in [6.45, 7) is 2.59. The predicted molar refractivity (Wildman–Crippen MR) is 94.4 cm³/mol. The van der Waals surface area contributed by atoms with Crippen LogP contribution < -0.4 is 10.1 Å². The molecular weight excluding hydrogens is 324 g/mol. The molecule has 1 aliphatic rings. The van der Waals surface area contributed by atoms with Crippen LogP contribution in [-0.4, -0.2) is 34.8 Å². The summed E-state index contributed by atoms with van der Waals surface area (Å²) in [7, 11) is 0. The quantitative estimate of drug-likeness (QED) is 0.872. The zero-order valence-corrected chi connectivity index (χ0v) is 14.5. The lowest BCUT2D eigenvalue weighted by molar-refractivity contribution is 0.0864. The number of hydrogen-bond donors (Lipinski definition) is 2. The van der Waals surface area contributed by atoms with Crippen LogP contribution in [0.15, 0.2) is 29.6 Å². The molecule has 6 heteroatoms. The maximum atomic E-state index is 12.3.